The first kappa shape index (κ1) is 14.8. The van der Waals surface area contributed by atoms with E-state index in [1.165, 1.54) is 0 Å². The summed E-state index contributed by atoms with van der Waals surface area (Å²) in [6.45, 7) is 5.83. The summed E-state index contributed by atoms with van der Waals surface area (Å²) in [5.41, 5.74) is 0.670. The van der Waals surface area contributed by atoms with E-state index < -0.39 is 0 Å². The lowest BCUT2D eigenvalue weighted by Gasteiger charge is -2.28. The number of likely N-dealkylation sites (tertiary alicyclic amines) is 1. The topological polar surface area (TPSA) is 57.3 Å². The van der Waals surface area contributed by atoms with E-state index >= 15 is 0 Å². The summed E-state index contributed by atoms with van der Waals surface area (Å²) in [5, 5.41) is 6.16. The van der Waals surface area contributed by atoms with Gasteiger partial charge in [0.25, 0.3) is 5.91 Å². The van der Waals surface area contributed by atoms with Crippen LogP contribution in [0, 0.1) is 5.92 Å². The third kappa shape index (κ3) is 4.20. The predicted molar refractivity (Wildman–Crippen MR) is 81.0 cm³/mol. The zero-order valence-corrected chi connectivity index (χ0v) is 12.4. The van der Waals surface area contributed by atoms with Crippen molar-refractivity contribution in [1.82, 2.24) is 15.2 Å². The van der Waals surface area contributed by atoms with E-state index in [2.05, 4.69) is 27.6 Å². The van der Waals surface area contributed by atoms with Crippen molar-refractivity contribution in [2.24, 2.45) is 5.92 Å². The molecule has 5 heteroatoms. The van der Waals surface area contributed by atoms with Crippen molar-refractivity contribution < 1.29 is 4.79 Å². The largest absolute Gasteiger partial charge is 0.370 e. The van der Waals surface area contributed by atoms with Crippen LogP contribution in [0.3, 0.4) is 0 Å². The summed E-state index contributed by atoms with van der Waals surface area (Å²) in [5.74, 6) is 1.34. The molecule has 2 rings (SSSR count). The minimum Gasteiger partial charge on any atom is -0.370 e. The Morgan fingerprint density at radius 2 is 2.20 bits per heavy atom. The van der Waals surface area contributed by atoms with Crippen molar-refractivity contribution >= 4 is 11.7 Å². The summed E-state index contributed by atoms with van der Waals surface area (Å²) in [6, 6.07) is 3.55. The van der Waals surface area contributed by atoms with E-state index in [4.69, 9.17) is 0 Å². The SMILES string of the molecule is CCNc1cc(C(=O)NCC2CCN(C)CC2)ccn1. The molecule has 0 bridgehead atoms. The first-order chi connectivity index (χ1) is 9.69. The summed E-state index contributed by atoms with van der Waals surface area (Å²) < 4.78 is 0. The van der Waals surface area contributed by atoms with Gasteiger partial charge in [0.15, 0.2) is 0 Å². The summed E-state index contributed by atoms with van der Waals surface area (Å²) in [4.78, 5) is 18.6. The highest BCUT2D eigenvalue weighted by Crippen LogP contribution is 2.15. The number of carbonyl (C=O) groups excluding carboxylic acids is 1. The molecule has 1 aromatic rings. The fraction of sp³-hybridized carbons (Fsp3) is 0.600. The molecule has 1 amide bonds. The highest BCUT2D eigenvalue weighted by molar-refractivity contribution is 5.94. The molecule has 1 aliphatic heterocycles. The standard InChI is InChI=1S/C15H24N4O/c1-3-16-14-10-13(4-7-17-14)15(20)18-11-12-5-8-19(2)9-6-12/h4,7,10,12H,3,5-6,8-9,11H2,1-2H3,(H,16,17)(H,18,20). The maximum atomic E-state index is 12.1. The quantitative estimate of drug-likeness (QED) is 0.857. The second-order valence-electron chi connectivity index (χ2n) is 5.42. The van der Waals surface area contributed by atoms with E-state index in [0.29, 0.717) is 11.5 Å². The minimum absolute atomic E-state index is 0.00881. The maximum absolute atomic E-state index is 12.1. The fourth-order valence-electron chi connectivity index (χ4n) is 2.45. The molecule has 0 saturated carbocycles. The molecule has 0 aliphatic carbocycles. The predicted octanol–water partition coefficient (Wildman–Crippen LogP) is 1.58. The van der Waals surface area contributed by atoms with Gasteiger partial charge in [-0.15, -0.1) is 0 Å². The number of piperidine rings is 1. The molecule has 1 aliphatic rings. The molecule has 1 fully saturated rings. The van der Waals surface area contributed by atoms with Crippen molar-refractivity contribution in [1.29, 1.82) is 0 Å². The number of hydrogen-bond acceptors (Lipinski definition) is 4. The van der Waals surface area contributed by atoms with Crippen LogP contribution in [0.25, 0.3) is 0 Å². The number of amides is 1. The lowest BCUT2D eigenvalue weighted by Crippen LogP contribution is -2.36. The molecular formula is C15H24N4O. The van der Waals surface area contributed by atoms with Crippen LogP contribution in [-0.4, -0.2) is 49.0 Å². The zero-order chi connectivity index (χ0) is 14.4. The zero-order valence-electron chi connectivity index (χ0n) is 12.4. The first-order valence-corrected chi connectivity index (χ1v) is 7.35. The van der Waals surface area contributed by atoms with Crippen LogP contribution >= 0.6 is 0 Å². The second-order valence-corrected chi connectivity index (χ2v) is 5.42. The number of rotatable bonds is 5. The second kappa shape index (κ2) is 7.24. The molecule has 20 heavy (non-hydrogen) atoms. The van der Waals surface area contributed by atoms with Gasteiger partial charge in [-0.05, 0) is 58.0 Å². The van der Waals surface area contributed by atoms with Gasteiger partial charge >= 0.3 is 0 Å². The average molecular weight is 276 g/mol. The number of carbonyl (C=O) groups is 1. The van der Waals surface area contributed by atoms with Gasteiger partial charge in [-0.1, -0.05) is 0 Å². The lowest BCUT2D eigenvalue weighted by molar-refractivity contribution is 0.0939. The number of nitrogens with one attached hydrogen (secondary N) is 2. The van der Waals surface area contributed by atoms with Crippen molar-refractivity contribution in [3.63, 3.8) is 0 Å². The van der Waals surface area contributed by atoms with Crippen LogP contribution in [0.5, 0.6) is 0 Å². The Bertz CT molecular complexity index is 441. The monoisotopic (exact) mass is 276 g/mol. The van der Waals surface area contributed by atoms with E-state index in [1.54, 1.807) is 18.3 Å². The molecule has 0 aromatic carbocycles. The van der Waals surface area contributed by atoms with Crippen molar-refractivity contribution in [3.05, 3.63) is 23.9 Å². The Balaban J connectivity index is 1.83. The van der Waals surface area contributed by atoms with Gasteiger partial charge in [-0.3, -0.25) is 4.79 Å². The van der Waals surface area contributed by atoms with Gasteiger partial charge in [-0.2, -0.15) is 0 Å². The highest BCUT2D eigenvalue weighted by atomic mass is 16.1. The molecule has 1 aromatic heterocycles. The third-order valence-electron chi connectivity index (χ3n) is 3.77. The number of pyridine rings is 1. The van der Waals surface area contributed by atoms with Crippen LogP contribution in [0.1, 0.15) is 30.1 Å². The maximum Gasteiger partial charge on any atom is 0.251 e. The summed E-state index contributed by atoms with van der Waals surface area (Å²) >= 11 is 0. The van der Waals surface area contributed by atoms with E-state index in [9.17, 15) is 4.79 Å². The fourth-order valence-corrected chi connectivity index (χ4v) is 2.45. The number of hydrogen-bond donors (Lipinski definition) is 2. The molecular weight excluding hydrogens is 252 g/mol. The normalized spacial score (nSPS) is 16.9. The van der Waals surface area contributed by atoms with Crippen molar-refractivity contribution in [2.45, 2.75) is 19.8 Å². The number of anilines is 1. The Labute approximate surface area is 120 Å². The highest BCUT2D eigenvalue weighted by Gasteiger charge is 2.17. The third-order valence-corrected chi connectivity index (χ3v) is 3.77. The van der Waals surface area contributed by atoms with E-state index in [0.717, 1.165) is 44.8 Å². The van der Waals surface area contributed by atoms with Crippen LogP contribution in [0.15, 0.2) is 18.3 Å². The molecule has 1 saturated heterocycles. The molecule has 0 atom stereocenters. The molecule has 0 unspecified atom stereocenters. The van der Waals surface area contributed by atoms with Crippen LogP contribution in [0.2, 0.25) is 0 Å². The van der Waals surface area contributed by atoms with E-state index in [1.807, 2.05) is 6.92 Å². The number of nitrogens with zero attached hydrogens (tertiary/aromatic N) is 2. The van der Waals surface area contributed by atoms with Crippen LogP contribution in [-0.2, 0) is 0 Å². The van der Waals surface area contributed by atoms with Gasteiger partial charge in [0.1, 0.15) is 5.82 Å². The molecule has 2 heterocycles. The Hall–Kier alpha value is -1.62. The molecule has 5 nitrogen and oxygen atoms in total. The average Bonchev–Trinajstić information content (AvgIpc) is 2.47. The summed E-state index contributed by atoms with van der Waals surface area (Å²) in [6.07, 6.45) is 3.99. The first-order valence-electron chi connectivity index (χ1n) is 7.35. The Kier molecular flexibility index (Phi) is 5.35. The van der Waals surface area contributed by atoms with Crippen molar-refractivity contribution in [2.75, 3.05) is 38.5 Å². The Morgan fingerprint density at radius 3 is 2.90 bits per heavy atom. The smallest absolute Gasteiger partial charge is 0.251 e. The Morgan fingerprint density at radius 1 is 1.45 bits per heavy atom. The van der Waals surface area contributed by atoms with E-state index in [-0.39, 0.29) is 5.91 Å². The van der Waals surface area contributed by atoms with Crippen LogP contribution in [0.4, 0.5) is 5.82 Å². The lowest BCUT2D eigenvalue weighted by atomic mass is 9.97. The number of aromatic nitrogens is 1. The molecule has 0 radical (unpaired) electrons. The molecule has 110 valence electrons. The van der Waals surface area contributed by atoms with Gasteiger partial charge in [0, 0.05) is 24.8 Å². The molecule has 0 spiro atoms. The van der Waals surface area contributed by atoms with Gasteiger partial charge in [0.2, 0.25) is 0 Å². The van der Waals surface area contributed by atoms with Crippen LogP contribution < -0.4 is 10.6 Å². The minimum atomic E-state index is -0.00881. The van der Waals surface area contributed by atoms with Gasteiger partial charge in [0.05, 0.1) is 0 Å². The van der Waals surface area contributed by atoms with Gasteiger partial charge in [-0.25, -0.2) is 4.98 Å². The summed E-state index contributed by atoms with van der Waals surface area (Å²) in [7, 11) is 2.15. The van der Waals surface area contributed by atoms with Gasteiger partial charge < -0.3 is 15.5 Å². The molecule has 2 N–H and O–H groups in total. The van der Waals surface area contributed by atoms with Crippen molar-refractivity contribution in [3.8, 4) is 0 Å².